The van der Waals surface area contributed by atoms with Crippen molar-refractivity contribution in [2.45, 2.75) is 39.0 Å². The Morgan fingerprint density at radius 1 is 1.28 bits per heavy atom. The third-order valence-corrected chi connectivity index (χ3v) is 3.97. The van der Waals surface area contributed by atoms with Crippen LogP contribution < -0.4 is 5.56 Å². The van der Waals surface area contributed by atoms with E-state index in [1.807, 2.05) is 0 Å². The quantitative estimate of drug-likeness (QED) is 0.812. The van der Waals surface area contributed by atoms with Gasteiger partial charge in [-0.25, -0.2) is 0 Å². The van der Waals surface area contributed by atoms with E-state index in [-0.39, 0.29) is 17.5 Å². The van der Waals surface area contributed by atoms with Crippen LogP contribution in [0.4, 0.5) is 0 Å². The average molecular weight is 275 g/mol. The molecule has 1 aromatic rings. The van der Waals surface area contributed by atoms with E-state index in [1.54, 1.807) is 13.8 Å². The molecule has 0 aliphatic heterocycles. The first-order valence-corrected chi connectivity index (χ1v) is 6.99. The highest BCUT2D eigenvalue weighted by molar-refractivity contribution is 7.86. The first-order valence-electron chi connectivity index (χ1n) is 5.48. The first-order chi connectivity index (χ1) is 8.07. The molecule has 6 nitrogen and oxygen atoms in total. The molecule has 2 N–H and O–H groups in total. The third-order valence-electron chi connectivity index (χ3n) is 2.84. The van der Waals surface area contributed by atoms with Gasteiger partial charge in [-0.1, -0.05) is 0 Å². The maximum Gasteiger partial charge on any atom is 0.271 e. The Morgan fingerprint density at radius 2 is 1.78 bits per heavy atom. The molecular weight excluding hydrogens is 258 g/mol. The summed E-state index contributed by atoms with van der Waals surface area (Å²) in [5.41, 5.74) is -0.295. The Kier molecular flexibility index (Phi) is 3.87. The number of rotatable bonds is 3. The molecule has 1 atom stereocenters. The summed E-state index contributed by atoms with van der Waals surface area (Å²) >= 11 is 0. The number of aromatic hydroxyl groups is 1. The Bertz CT molecular complexity index is 615. The van der Waals surface area contributed by atoms with Gasteiger partial charge in [0.25, 0.3) is 15.7 Å². The van der Waals surface area contributed by atoms with Crippen LogP contribution in [-0.2, 0) is 10.1 Å². The van der Waals surface area contributed by atoms with E-state index in [1.165, 1.54) is 19.9 Å². The van der Waals surface area contributed by atoms with Crippen LogP contribution in [-0.4, -0.2) is 22.6 Å². The van der Waals surface area contributed by atoms with Crippen molar-refractivity contribution in [2.75, 3.05) is 0 Å². The molecule has 18 heavy (non-hydrogen) atoms. The number of hydrogen-bond acceptors (Lipinski definition) is 4. The second kappa shape index (κ2) is 4.74. The summed E-state index contributed by atoms with van der Waals surface area (Å²) < 4.78 is 32.4. The summed E-state index contributed by atoms with van der Waals surface area (Å²) in [6.07, 6.45) is 0. The van der Waals surface area contributed by atoms with Gasteiger partial charge in [0.05, 0.1) is 0 Å². The van der Waals surface area contributed by atoms with Crippen molar-refractivity contribution in [2.24, 2.45) is 0 Å². The molecule has 0 saturated carbocycles. The molecule has 0 saturated heterocycles. The number of nitrogens with zero attached hydrogens (tertiary/aromatic N) is 1. The lowest BCUT2D eigenvalue weighted by atomic mass is 10.1. The molecule has 1 unspecified atom stereocenters. The second-order valence-electron chi connectivity index (χ2n) is 4.53. The molecule has 1 aromatic heterocycles. The van der Waals surface area contributed by atoms with Crippen LogP contribution in [0.1, 0.15) is 43.2 Å². The summed E-state index contributed by atoms with van der Waals surface area (Å²) in [7, 11) is -4.35. The van der Waals surface area contributed by atoms with Crippen molar-refractivity contribution < 1.29 is 18.1 Å². The number of pyridine rings is 1. The Morgan fingerprint density at radius 3 is 2.17 bits per heavy atom. The molecule has 7 heteroatoms. The van der Waals surface area contributed by atoms with E-state index in [0.717, 1.165) is 4.57 Å². The lowest BCUT2D eigenvalue weighted by Crippen LogP contribution is -2.29. The largest absolute Gasteiger partial charge is 0.494 e. The van der Waals surface area contributed by atoms with E-state index in [4.69, 9.17) is 4.55 Å². The number of hydrogen-bond donors (Lipinski definition) is 2. The molecule has 1 heterocycles. The van der Waals surface area contributed by atoms with Crippen molar-refractivity contribution in [1.29, 1.82) is 0 Å². The van der Waals surface area contributed by atoms with Gasteiger partial charge >= 0.3 is 0 Å². The van der Waals surface area contributed by atoms with Crippen LogP contribution in [0.2, 0.25) is 0 Å². The smallest absolute Gasteiger partial charge is 0.271 e. The first kappa shape index (κ1) is 14.7. The second-order valence-corrected chi connectivity index (χ2v) is 6.26. The molecule has 0 spiro atoms. The van der Waals surface area contributed by atoms with Crippen molar-refractivity contribution in [3.63, 3.8) is 0 Å². The van der Waals surface area contributed by atoms with Gasteiger partial charge in [-0.15, -0.1) is 0 Å². The molecule has 0 aromatic carbocycles. The maximum absolute atomic E-state index is 12.2. The molecule has 0 bridgehead atoms. The average Bonchev–Trinajstić information content (AvgIpc) is 2.13. The van der Waals surface area contributed by atoms with Crippen molar-refractivity contribution in [1.82, 2.24) is 4.57 Å². The van der Waals surface area contributed by atoms with E-state index in [2.05, 4.69) is 0 Å². The predicted octanol–water partition coefficient (Wildman–Crippen LogP) is 1.39. The van der Waals surface area contributed by atoms with Gasteiger partial charge in [0.1, 0.15) is 5.25 Å². The third kappa shape index (κ3) is 2.56. The summed E-state index contributed by atoms with van der Waals surface area (Å²) in [6, 6.07) is 1.00. The Balaban J connectivity index is 3.67. The van der Waals surface area contributed by atoms with Gasteiger partial charge in [-0.2, -0.15) is 8.42 Å². The molecule has 0 radical (unpaired) electrons. The minimum absolute atomic E-state index is 0.0241. The van der Waals surface area contributed by atoms with Crippen LogP contribution in [0.15, 0.2) is 10.9 Å². The van der Waals surface area contributed by atoms with Crippen molar-refractivity contribution in [3.05, 3.63) is 27.5 Å². The molecule has 0 fully saturated rings. The molecular formula is C11H17NO5S. The zero-order valence-corrected chi connectivity index (χ0v) is 11.5. The van der Waals surface area contributed by atoms with E-state index >= 15 is 0 Å². The van der Waals surface area contributed by atoms with E-state index in [9.17, 15) is 18.3 Å². The summed E-state index contributed by atoms with van der Waals surface area (Å²) in [5.74, 6) is -0.223. The van der Waals surface area contributed by atoms with E-state index < -0.39 is 20.9 Å². The van der Waals surface area contributed by atoms with E-state index in [0.29, 0.717) is 5.56 Å². The minimum Gasteiger partial charge on any atom is -0.494 e. The molecule has 102 valence electrons. The van der Waals surface area contributed by atoms with Gasteiger partial charge in [0, 0.05) is 17.7 Å². The van der Waals surface area contributed by atoms with Crippen LogP contribution >= 0.6 is 0 Å². The fourth-order valence-corrected chi connectivity index (χ4v) is 2.47. The maximum atomic E-state index is 12.2. The predicted molar refractivity (Wildman–Crippen MR) is 67.5 cm³/mol. The highest BCUT2D eigenvalue weighted by Crippen LogP contribution is 2.24. The summed E-state index contributed by atoms with van der Waals surface area (Å²) in [4.78, 5) is 12.2. The highest BCUT2D eigenvalue weighted by atomic mass is 32.2. The van der Waals surface area contributed by atoms with Gasteiger partial charge in [0.2, 0.25) is 0 Å². The molecule has 0 amide bonds. The van der Waals surface area contributed by atoms with Crippen LogP contribution in [0.3, 0.4) is 0 Å². The number of aryl methyl sites for hydroxylation is 1. The molecule has 1 rings (SSSR count). The van der Waals surface area contributed by atoms with Gasteiger partial charge in [-0.3, -0.25) is 13.9 Å². The van der Waals surface area contributed by atoms with Gasteiger partial charge < -0.3 is 5.11 Å². The lowest BCUT2D eigenvalue weighted by Gasteiger charge is -2.18. The Hall–Kier alpha value is -1.34. The summed E-state index contributed by atoms with van der Waals surface area (Å²) in [5, 5.41) is 8.38. The minimum atomic E-state index is -4.35. The standard InChI is InChI=1S/C11H17NO5S/c1-6(2)12-9(13)5-7(3)10(11(12)14)8(4)18(15,16)17/h5-6,8,13H,1-4H3,(H,15,16,17). The molecule has 0 aliphatic rings. The molecule has 0 aliphatic carbocycles. The highest BCUT2D eigenvalue weighted by Gasteiger charge is 2.26. The fraction of sp³-hybridized carbons (Fsp3) is 0.545. The number of aromatic nitrogens is 1. The van der Waals surface area contributed by atoms with Gasteiger partial charge in [0.15, 0.2) is 5.88 Å². The summed E-state index contributed by atoms with van der Waals surface area (Å²) in [6.45, 7) is 6.14. The zero-order valence-electron chi connectivity index (χ0n) is 10.7. The topological polar surface area (TPSA) is 96.6 Å². The van der Waals surface area contributed by atoms with Crippen LogP contribution in [0.25, 0.3) is 0 Å². The zero-order chi connectivity index (χ0) is 14.2. The van der Waals surface area contributed by atoms with Crippen LogP contribution in [0.5, 0.6) is 5.88 Å². The Labute approximate surface area is 106 Å². The van der Waals surface area contributed by atoms with Crippen LogP contribution in [0, 0.1) is 6.92 Å². The SMILES string of the molecule is Cc1cc(O)n(C(C)C)c(=O)c1C(C)S(=O)(=O)O. The fourth-order valence-electron chi connectivity index (χ4n) is 1.89. The van der Waals surface area contributed by atoms with Gasteiger partial charge in [-0.05, 0) is 33.3 Å². The lowest BCUT2D eigenvalue weighted by molar-refractivity contribution is 0.385. The van der Waals surface area contributed by atoms with Crippen molar-refractivity contribution >= 4 is 10.1 Å². The normalized spacial score (nSPS) is 13.9. The monoisotopic (exact) mass is 275 g/mol. The van der Waals surface area contributed by atoms with Crippen molar-refractivity contribution in [3.8, 4) is 5.88 Å².